The second-order valence-electron chi connectivity index (χ2n) is 6.86. The van der Waals surface area contributed by atoms with Crippen LogP contribution in [-0.2, 0) is 22.6 Å². The molecule has 3 rings (SSSR count). The van der Waals surface area contributed by atoms with Crippen molar-refractivity contribution < 1.29 is 22.8 Å². The van der Waals surface area contributed by atoms with E-state index in [1.165, 1.54) is 35.0 Å². The lowest BCUT2D eigenvalue weighted by Gasteiger charge is -2.20. The Kier molecular flexibility index (Phi) is 5.14. The van der Waals surface area contributed by atoms with E-state index in [1.54, 1.807) is 7.05 Å². The molecule has 1 aliphatic rings. The van der Waals surface area contributed by atoms with Crippen LogP contribution >= 0.6 is 11.6 Å². The number of hydrogen-bond donors (Lipinski definition) is 1. The topological polar surface area (TPSA) is 67.2 Å². The van der Waals surface area contributed by atoms with Crippen molar-refractivity contribution in [3.8, 4) is 0 Å². The number of rotatable bonds is 4. The first-order valence-electron chi connectivity index (χ1n) is 8.42. The zero-order valence-corrected chi connectivity index (χ0v) is 16.1. The normalized spacial score (nSPS) is 20.0. The molecule has 1 saturated heterocycles. The van der Waals surface area contributed by atoms with Gasteiger partial charge in [-0.05, 0) is 12.1 Å². The summed E-state index contributed by atoms with van der Waals surface area (Å²) in [5.41, 5.74) is -0.809. The van der Waals surface area contributed by atoms with Gasteiger partial charge in [0.2, 0.25) is 11.8 Å². The molecule has 0 saturated carbocycles. The van der Waals surface area contributed by atoms with E-state index in [0.29, 0.717) is 12.5 Å². The number of nitrogens with zero attached hydrogens (tertiary/aromatic N) is 3. The fourth-order valence-electron chi connectivity index (χ4n) is 3.45. The minimum absolute atomic E-state index is 0.211. The molecule has 2 heterocycles. The van der Waals surface area contributed by atoms with Crippen molar-refractivity contribution in [2.45, 2.75) is 18.8 Å². The molecule has 150 valence electrons. The lowest BCUT2D eigenvalue weighted by molar-refractivity contribution is -0.135. The van der Waals surface area contributed by atoms with Gasteiger partial charge < -0.3 is 10.2 Å². The molecule has 28 heavy (non-hydrogen) atoms. The number of halogens is 4. The maximum atomic E-state index is 14.0. The third-order valence-electron chi connectivity index (χ3n) is 4.80. The summed E-state index contributed by atoms with van der Waals surface area (Å²) in [6, 6.07) is 3.26. The van der Waals surface area contributed by atoms with Gasteiger partial charge in [-0.2, -0.15) is 5.10 Å². The molecule has 10 heteroatoms. The lowest BCUT2D eigenvalue weighted by Crippen LogP contribution is -2.33. The Bertz CT molecular complexity index is 941. The molecular weight excluding hydrogens is 397 g/mol. The SMILES string of the molecule is CN1C[C@H](c2cnn(C)c2Cl)[C@@H](C(=O)Nc2cccc(F)c2C(C)(F)F)C1=O. The van der Waals surface area contributed by atoms with E-state index in [2.05, 4.69) is 10.4 Å². The molecule has 1 aromatic carbocycles. The number of nitrogens with one attached hydrogen (secondary N) is 1. The molecule has 1 aliphatic heterocycles. The second-order valence-corrected chi connectivity index (χ2v) is 7.22. The maximum Gasteiger partial charge on any atom is 0.275 e. The van der Waals surface area contributed by atoms with Crippen molar-refractivity contribution in [3.05, 3.63) is 46.5 Å². The minimum atomic E-state index is -3.52. The number of aromatic nitrogens is 2. The number of amides is 2. The van der Waals surface area contributed by atoms with Gasteiger partial charge >= 0.3 is 0 Å². The summed E-state index contributed by atoms with van der Waals surface area (Å²) in [7, 11) is 3.14. The van der Waals surface area contributed by atoms with Gasteiger partial charge in [0, 0.05) is 39.0 Å². The van der Waals surface area contributed by atoms with Crippen molar-refractivity contribution in [3.63, 3.8) is 0 Å². The van der Waals surface area contributed by atoms with Crippen molar-refractivity contribution in [1.82, 2.24) is 14.7 Å². The predicted molar refractivity (Wildman–Crippen MR) is 96.7 cm³/mol. The summed E-state index contributed by atoms with van der Waals surface area (Å²) < 4.78 is 43.1. The molecule has 0 radical (unpaired) electrons. The van der Waals surface area contributed by atoms with Crippen LogP contribution in [0.5, 0.6) is 0 Å². The van der Waals surface area contributed by atoms with E-state index in [0.717, 1.165) is 6.07 Å². The molecule has 0 bridgehead atoms. The molecule has 2 aromatic rings. The van der Waals surface area contributed by atoms with Gasteiger partial charge in [0.15, 0.2) is 0 Å². The van der Waals surface area contributed by atoms with Crippen molar-refractivity contribution >= 4 is 29.1 Å². The lowest BCUT2D eigenvalue weighted by atomic mass is 9.89. The number of anilines is 1. The molecule has 1 aromatic heterocycles. The number of aryl methyl sites for hydroxylation is 1. The molecule has 6 nitrogen and oxygen atoms in total. The molecule has 0 unspecified atom stereocenters. The smallest absolute Gasteiger partial charge is 0.275 e. The van der Waals surface area contributed by atoms with Gasteiger partial charge in [0.05, 0.1) is 17.4 Å². The number of likely N-dealkylation sites (tertiary alicyclic amines) is 1. The third-order valence-corrected chi connectivity index (χ3v) is 5.26. The standard InChI is InChI=1S/C18H18ClF3N4O2/c1-18(21,22)14-11(20)5-4-6-12(14)24-16(27)13-10(8-25(2)17(13)28)9-7-23-26(3)15(9)19/h4-7,10,13H,8H2,1-3H3,(H,24,27)/t10-,13+/m1/s1. The Morgan fingerprint density at radius 3 is 2.61 bits per heavy atom. The second kappa shape index (κ2) is 7.12. The molecule has 1 fully saturated rings. The maximum absolute atomic E-state index is 14.0. The van der Waals surface area contributed by atoms with Crippen molar-refractivity contribution in [2.24, 2.45) is 13.0 Å². The minimum Gasteiger partial charge on any atom is -0.344 e. The van der Waals surface area contributed by atoms with Crippen molar-refractivity contribution in [1.29, 1.82) is 0 Å². The highest BCUT2D eigenvalue weighted by Gasteiger charge is 2.46. The van der Waals surface area contributed by atoms with Gasteiger partial charge in [-0.1, -0.05) is 17.7 Å². The first kappa shape index (κ1) is 20.2. The zero-order valence-electron chi connectivity index (χ0n) is 15.3. The predicted octanol–water partition coefficient (Wildman–Crippen LogP) is 3.13. The summed E-state index contributed by atoms with van der Waals surface area (Å²) in [5.74, 6) is -7.77. The van der Waals surface area contributed by atoms with Gasteiger partial charge in [0.25, 0.3) is 5.92 Å². The monoisotopic (exact) mass is 414 g/mol. The molecule has 2 atom stereocenters. The molecule has 0 aliphatic carbocycles. The quantitative estimate of drug-likeness (QED) is 0.782. The molecule has 1 N–H and O–H groups in total. The van der Waals surface area contributed by atoms with E-state index >= 15 is 0 Å². The number of likely N-dealkylation sites (N-methyl/N-ethyl adjacent to an activating group) is 1. The number of carbonyl (C=O) groups is 2. The van der Waals surface area contributed by atoms with Crippen LogP contribution in [0.15, 0.2) is 24.4 Å². The molecule has 2 amide bonds. The van der Waals surface area contributed by atoms with Gasteiger partial charge in [-0.25, -0.2) is 13.2 Å². The number of benzene rings is 1. The average Bonchev–Trinajstić information content (AvgIpc) is 3.06. The first-order valence-corrected chi connectivity index (χ1v) is 8.80. The van der Waals surface area contributed by atoms with E-state index in [-0.39, 0.29) is 17.4 Å². The van der Waals surface area contributed by atoms with Crippen LogP contribution in [0, 0.1) is 11.7 Å². The van der Waals surface area contributed by atoms with E-state index < -0.39 is 41.0 Å². The van der Waals surface area contributed by atoms with E-state index in [9.17, 15) is 22.8 Å². The van der Waals surface area contributed by atoms with Crippen LogP contribution in [-0.4, -0.2) is 40.1 Å². The molecule has 0 spiro atoms. The number of carbonyl (C=O) groups excluding carboxylic acids is 2. The van der Waals surface area contributed by atoms with Gasteiger partial charge in [-0.15, -0.1) is 0 Å². The van der Waals surface area contributed by atoms with Crippen molar-refractivity contribution in [2.75, 3.05) is 18.9 Å². The Morgan fingerprint density at radius 1 is 1.36 bits per heavy atom. The zero-order chi connectivity index (χ0) is 20.8. The summed E-state index contributed by atoms with van der Waals surface area (Å²) in [4.78, 5) is 26.8. The Balaban J connectivity index is 1.96. The van der Waals surface area contributed by atoms with Crippen LogP contribution < -0.4 is 5.32 Å². The summed E-state index contributed by atoms with van der Waals surface area (Å²) in [5, 5.41) is 6.60. The largest absolute Gasteiger partial charge is 0.344 e. The first-order chi connectivity index (χ1) is 13.0. The summed E-state index contributed by atoms with van der Waals surface area (Å²) >= 11 is 6.21. The van der Waals surface area contributed by atoms with Crippen LogP contribution in [0.25, 0.3) is 0 Å². The molecular formula is C18H18ClF3N4O2. The fraction of sp³-hybridized carbons (Fsp3) is 0.389. The highest BCUT2D eigenvalue weighted by molar-refractivity contribution is 6.30. The van der Waals surface area contributed by atoms with Crippen LogP contribution in [0.3, 0.4) is 0 Å². The Hall–Kier alpha value is -2.55. The highest BCUT2D eigenvalue weighted by atomic mass is 35.5. The van der Waals surface area contributed by atoms with E-state index in [4.69, 9.17) is 11.6 Å². The Labute approximate surface area is 164 Å². The summed E-state index contributed by atoms with van der Waals surface area (Å²) in [6.45, 7) is 0.746. The van der Waals surface area contributed by atoms with E-state index in [1.807, 2.05) is 0 Å². The van der Waals surface area contributed by atoms with Crippen LogP contribution in [0.4, 0.5) is 18.9 Å². The third kappa shape index (κ3) is 3.46. The van der Waals surface area contributed by atoms with Gasteiger partial charge in [-0.3, -0.25) is 14.3 Å². The van der Waals surface area contributed by atoms with Gasteiger partial charge in [0.1, 0.15) is 16.9 Å². The highest BCUT2D eigenvalue weighted by Crippen LogP contribution is 2.39. The summed E-state index contributed by atoms with van der Waals surface area (Å²) in [6.07, 6.45) is 1.47. The van der Waals surface area contributed by atoms with Crippen LogP contribution in [0.2, 0.25) is 5.15 Å². The fourth-order valence-corrected chi connectivity index (χ4v) is 3.68. The van der Waals surface area contributed by atoms with Crippen LogP contribution in [0.1, 0.15) is 24.0 Å². The number of alkyl halides is 2. The average molecular weight is 415 g/mol. The number of hydrogen-bond acceptors (Lipinski definition) is 3. The Morgan fingerprint density at radius 2 is 2.04 bits per heavy atom.